The van der Waals surface area contributed by atoms with Gasteiger partial charge < -0.3 is 20.3 Å². The normalized spacial score (nSPS) is 19.4. The number of nitrogens with one attached hydrogen (secondary N) is 2. The van der Waals surface area contributed by atoms with E-state index in [0.717, 1.165) is 45.9 Å². The molecular formula is C22H23N5O2. The molecule has 2 aliphatic rings. The molecule has 1 aromatic carbocycles. The topological polar surface area (TPSA) is 94.1 Å². The summed E-state index contributed by atoms with van der Waals surface area (Å²) in [6.07, 6.45) is 5.07. The maximum absolute atomic E-state index is 12.4. The number of para-hydroxylation sites is 1. The minimum atomic E-state index is -0.0354. The summed E-state index contributed by atoms with van der Waals surface area (Å²) in [7, 11) is 0. The lowest BCUT2D eigenvalue weighted by Crippen LogP contribution is -2.34. The highest BCUT2D eigenvalue weighted by molar-refractivity contribution is 6.00. The number of hydrogen-bond donors (Lipinski definition) is 3. The van der Waals surface area contributed by atoms with Crippen LogP contribution in [0.2, 0.25) is 0 Å². The van der Waals surface area contributed by atoms with Crippen LogP contribution in [0.3, 0.4) is 0 Å². The standard InChI is InChI=1S/C22H23N5O2/c1-13-21-26-20-15(6-4-7-17(20)24-13)18-11-16-19(25-18)14(12-23-22(16)29)5-2-3-8-27(21)9-10-28/h2-4,6-7,11,14,25,28H,5,8-10,12H2,1H3,(H,23,29)/b3-2-/t14-/m0/s1. The maximum atomic E-state index is 12.4. The molecule has 2 aliphatic heterocycles. The molecule has 1 amide bonds. The number of hydrogen-bond acceptors (Lipinski definition) is 5. The van der Waals surface area contributed by atoms with Crippen molar-refractivity contribution in [1.82, 2.24) is 20.3 Å². The average molecular weight is 389 g/mol. The number of anilines is 1. The molecule has 3 N–H and O–H groups in total. The van der Waals surface area contributed by atoms with Crippen LogP contribution in [0.15, 0.2) is 36.4 Å². The highest BCUT2D eigenvalue weighted by Crippen LogP contribution is 2.34. The predicted octanol–water partition coefficient (Wildman–Crippen LogP) is 2.52. The van der Waals surface area contributed by atoms with Crippen molar-refractivity contribution in [3.05, 3.63) is 53.4 Å². The SMILES string of the molecule is Cc1nc2cccc3c2nc1N(CCO)C/C=C\C[C@H]1CNC(=O)c2cc-3[nH]c21. The molecule has 3 aromatic rings. The zero-order valence-electron chi connectivity index (χ0n) is 16.3. The monoisotopic (exact) mass is 389 g/mol. The van der Waals surface area contributed by atoms with Crippen LogP contribution >= 0.6 is 0 Å². The molecule has 4 heterocycles. The van der Waals surface area contributed by atoms with Gasteiger partial charge in [0, 0.05) is 42.5 Å². The molecule has 7 nitrogen and oxygen atoms in total. The fourth-order valence-corrected chi connectivity index (χ4v) is 4.28. The molecule has 0 aliphatic carbocycles. The van der Waals surface area contributed by atoms with Gasteiger partial charge in [0.25, 0.3) is 5.91 Å². The number of aliphatic hydroxyl groups is 1. The summed E-state index contributed by atoms with van der Waals surface area (Å²) in [6, 6.07) is 7.85. The number of carbonyl (C=O) groups is 1. The van der Waals surface area contributed by atoms with Crippen LogP contribution in [0.25, 0.3) is 22.3 Å². The Balaban J connectivity index is 1.77. The molecule has 0 saturated carbocycles. The van der Waals surface area contributed by atoms with E-state index < -0.39 is 0 Å². The Morgan fingerprint density at radius 3 is 3.00 bits per heavy atom. The van der Waals surface area contributed by atoms with E-state index >= 15 is 0 Å². The first-order valence-corrected chi connectivity index (χ1v) is 9.95. The van der Waals surface area contributed by atoms with Gasteiger partial charge in [-0.15, -0.1) is 0 Å². The summed E-state index contributed by atoms with van der Waals surface area (Å²) in [4.78, 5) is 27.7. The lowest BCUT2D eigenvalue weighted by Gasteiger charge is -2.24. The Bertz CT molecular complexity index is 1130. The van der Waals surface area contributed by atoms with Crippen molar-refractivity contribution < 1.29 is 9.90 Å². The van der Waals surface area contributed by atoms with Gasteiger partial charge in [0.05, 0.1) is 23.4 Å². The van der Waals surface area contributed by atoms with Crippen LogP contribution in [0.4, 0.5) is 5.82 Å². The Morgan fingerprint density at radius 1 is 1.24 bits per heavy atom. The zero-order valence-corrected chi connectivity index (χ0v) is 16.3. The number of β-amino-alcohol motifs (C(OH)–C–C–N with tert-alkyl or cyclic N) is 1. The van der Waals surface area contributed by atoms with Crippen LogP contribution in [-0.4, -0.2) is 52.2 Å². The van der Waals surface area contributed by atoms with E-state index in [-0.39, 0.29) is 18.4 Å². The first-order valence-electron chi connectivity index (χ1n) is 9.95. The second kappa shape index (κ2) is 7.00. The second-order valence-electron chi connectivity index (χ2n) is 7.60. The van der Waals surface area contributed by atoms with Gasteiger partial charge in [-0.25, -0.2) is 9.97 Å². The molecule has 0 saturated heterocycles. The Morgan fingerprint density at radius 2 is 2.14 bits per heavy atom. The molecule has 29 heavy (non-hydrogen) atoms. The number of rotatable bonds is 2. The van der Waals surface area contributed by atoms with Crippen LogP contribution in [0.1, 0.15) is 34.1 Å². The summed E-state index contributed by atoms with van der Waals surface area (Å²) < 4.78 is 0. The van der Waals surface area contributed by atoms with E-state index in [4.69, 9.17) is 9.97 Å². The molecular weight excluding hydrogens is 366 g/mol. The predicted molar refractivity (Wildman–Crippen MR) is 112 cm³/mol. The molecule has 7 heteroatoms. The number of amides is 1. The number of carbonyl (C=O) groups excluding carboxylic acids is 1. The molecule has 2 aromatic heterocycles. The third-order valence-electron chi connectivity index (χ3n) is 5.73. The van der Waals surface area contributed by atoms with E-state index in [0.29, 0.717) is 25.2 Å². The van der Waals surface area contributed by atoms with Crippen molar-refractivity contribution in [3.8, 4) is 11.3 Å². The number of fused-ring (bicyclic) bond motifs is 3. The first-order chi connectivity index (χ1) is 14.2. The fraction of sp³-hybridized carbons (Fsp3) is 0.318. The molecule has 5 rings (SSSR count). The average Bonchev–Trinajstić information content (AvgIpc) is 3.17. The number of allylic oxidation sites excluding steroid dienone is 1. The van der Waals surface area contributed by atoms with Gasteiger partial charge in [-0.3, -0.25) is 4.79 Å². The van der Waals surface area contributed by atoms with Gasteiger partial charge in [-0.05, 0) is 25.5 Å². The molecule has 0 spiro atoms. The van der Waals surface area contributed by atoms with Crippen molar-refractivity contribution in [3.63, 3.8) is 0 Å². The van der Waals surface area contributed by atoms with Crippen molar-refractivity contribution in [1.29, 1.82) is 0 Å². The second-order valence-corrected chi connectivity index (χ2v) is 7.60. The highest BCUT2D eigenvalue weighted by atomic mass is 16.3. The third-order valence-corrected chi connectivity index (χ3v) is 5.73. The summed E-state index contributed by atoms with van der Waals surface area (Å²) in [5, 5.41) is 12.6. The first kappa shape index (κ1) is 17.9. The minimum Gasteiger partial charge on any atom is -0.395 e. The van der Waals surface area contributed by atoms with Crippen molar-refractivity contribution in [2.45, 2.75) is 19.3 Å². The summed E-state index contributed by atoms with van der Waals surface area (Å²) >= 11 is 0. The Kier molecular flexibility index (Phi) is 4.32. The van der Waals surface area contributed by atoms with E-state index in [2.05, 4.69) is 27.4 Å². The Hall–Kier alpha value is -3.19. The van der Waals surface area contributed by atoms with Crippen molar-refractivity contribution in [2.75, 3.05) is 31.1 Å². The van der Waals surface area contributed by atoms with Gasteiger partial charge in [-0.1, -0.05) is 24.3 Å². The molecule has 4 bridgehead atoms. The Labute approximate surface area is 168 Å². The number of aryl methyl sites for hydroxylation is 1. The van der Waals surface area contributed by atoms with Gasteiger partial charge in [0.1, 0.15) is 5.52 Å². The lowest BCUT2D eigenvalue weighted by atomic mass is 9.94. The highest BCUT2D eigenvalue weighted by Gasteiger charge is 2.28. The van der Waals surface area contributed by atoms with Crippen LogP contribution in [-0.2, 0) is 0 Å². The summed E-state index contributed by atoms with van der Waals surface area (Å²) in [6.45, 7) is 3.75. The van der Waals surface area contributed by atoms with Gasteiger partial charge >= 0.3 is 0 Å². The van der Waals surface area contributed by atoms with E-state index in [1.54, 1.807) is 0 Å². The van der Waals surface area contributed by atoms with E-state index in [1.807, 2.05) is 31.2 Å². The quantitative estimate of drug-likeness (QED) is 0.586. The number of benzene rings is 1. The summed E-state index contributed by atoms with van der Waals surface area (Å²) in [5.74, 6) is 0.943. The number of aromatic amines is 1. The smallest absolute Gasteiger partial charge is 0.253 e. The minimum absolute atomic E-state index is 0.0354. The fourth-order valence-electron chi connectivity index (χ4n) is 4.28. The molecule has 148 valence electrons. The molecule has 0 fully saturated rings. The number of aromatic nitrogens is 3. The zero-order chi connectivity index (χ0) is 20.0. The van der Waals surface area contributed by atoms with Gasteiger partial charge in [0.2, 0.25) is 0 Å². The third kappa shape index (κ3) is 2.98. The summed E-state index contributed by atoms with van der Waals surface area (Å²) in [5.41, 5.74) is 5.93. The maximum Gasteiger partial charge on any atom is 0.253 e. The number of H-pyrrole nitrogens is 1. The largest absolute Gasteiger partial charge is 0.395 e. The van der Waals surface area contributed by atoms with Crippen LogP contribution < -0.4 is 10.2 Å². The van der Waals surface area contributed by atoms with Crippen LogP contribution in [0, 0.1) is 6.92 Å². The van der Waals surface area contributed by atoms with Gasteiger partial charge in [0.15, 0.2) is 5.82 Å². The lowest BCUT2D eigenvalue weighted by molar-refractivity contribution is 0.0940. The molecule has 0 radical (unpaired) electrons. The molecule has 0 unspecified atom stereocenters. The van der Waals surface area contributed by atoms with Gasteiger partial charge in [-0.2, -0.15) is 0 Å². The number of aliphatic hydroxyl groups excluding tert-OH is 1. The van der Waals surface area contributed by atoms with Crippen LogP contribution in [0.5, 0.6) is 0 Å². The van der Waals surface area contributed by atoms with Crippen molar-refractivity contribution >= 4 is 22.8 Å². The number of nitrogens with zero attached hydrogens (tertiary/aromatic N) is 3. The van der Waals surface area contributed by atoms with E-state index in [9.17, 15) is 9.90 Å². The van der Waals surface area contributed by atoms with E-state index in [1.165, 1.54) is 0 Å². The van der Waals surface area contributed by atoms with Crippen molar-refractivity contribution in [2.24, 2.45) is 0 Å². The molecule has 1 atom stereocenters.